The van der Waals surface area contributed by atoms with Crippen LogP contribution in [0.25, 0.3) is 0 Å². The SMILES string of the molecule is Cc1ccc(F)cc1C(=O)NCC(Cl)C1CC1. The molecule has 0 radical (unpaired) electrons. The number of carbonyl (C=O) groups is 1. The van der Waals surface area contributed by atoms with Crippen LogP contribution in [-0.2, 0) is 0 Å². The molecule has 17 heavy (non-hydrogen) atoms. The highest BCUT2D eigenvalue weighted by atomic mass is 35.5. The van der Waals surface area contributed by atoms with Crippen molar-refractivity contribution in [2.45, 2.75) is 25.1 Å². The van der Waals surface area contributed by atoms with E-state index in [0.29, 0.717) is 18.0 Å². The van der Waals surface area contributed by atoms with Gasteiger partial charge in [-0.3, -0.25) is 4.79 Å². The van der Waals surface area contributed by atoms with Gasteiger partial charge in [-0.25, -0.2) is 4.39 Å². The average Bonchev–Trinajstić information content (AvgIpc) is 3.12. The molecule has 1 unspecified atom stereocenters. The summed E-state index contributed by atoms with van der Waals surface area (Å²) in [4.78, 5) is 11.8. The van der Waals surface area contributed by atoms with Crippen LogP contribution < -0.4 is 5.32 Å². The third kappa shape index (κ3) is 3.19. The van der Waals surface area contributed by atoms with Gasteiger partial charge in [0.2, 0.25) is 0 Å². The van der Waals surface area contributed by atoms with Crippen molar-refractivity contribution in [1.29, 1.82) is 0 Å². The van der Waals surface area contributed by atoms with Crippen molar-refractivity contribution in [2.24, 2.45) is 5.92 Å². The molecule has 2 rings (SSSR count). The number of hydrogen-bond acceptors (Lipinski definition) is 1. The maximum atomic E-state index is 13.0. The highest BCUT2D eigenvalue weighted by Crippen LogP contribution is 2.35. The molecular weight excluding hydrogens is 241 g/mol. The van der Waals surface area contributed by atoms with Gasteiger partial charge in [0, 0.05) is 12.1 Å². The molecule has 2 nitrogen and oxygen atoms in total. The minimum absolute atomic E-state index is 0.00665. The fraction of sp³-hybridized carbons (Fsp3) is 0.462. The van der Waals surface area contributed by atoms with Crippen LogP contribution >= 0.6 is 11.6 Å². The molecule has 1 aromatic rings. The number of alkyl halides is 1. The number of amides is 1. The summed E-state index contributed by atoms with van der Waals surface area (Å²) in [6.07, 6.45) is 2.28. The van der Waals surface area contributed by atoms with E-state index in [4.69, 9.17) is 11.6 Å². The van der Waals surface area contributed by atoms with Crippen LogP contribution in [0.1, 0.15) is 28.8 Å². The Hall–Kier alpha value is -1.09. The van der Waals surface area contributed by atoms with E-state index in [2.05, 4.69) is 5.32 Å². The Kier molecular flexibility index (Phi) is 3.67. The van der Waals surface area contributed by atoms with Crippen LogP contribution in [0.5, 0.6) is 0 Å². The normalized spacial score (nSPS) is 16.6. The molecule has 1 fully saturated rings. The van der Waals surface area contributed by atoms with Gasteiger partial charge in [0.25, 0.3) is 5.91 Å². The quantitative estimate of drug-likeness (QED) is 0.824. The topological polar surface area (TPSA) is 29.1 Å². The molecule has 92 valence electrons. The van der Waals surface area contributed by atoms with Crippen LogP contribution in [0.2, 0.25) is 0 Å². The van der Waals surface area contributed by atoms with E-state index in [1.54, 1.807) is 13.0 Å². The lowest BCUT2D eigenvalue weighted by molar-refractivity contribution is 0.0952. The average molecular weight is 256 g/mol. The summed E-state index contributed by atoms with van der Waals surface area (Å²) in [5.41, 5.74) is 1.14. The molecule has 4 heteroatoms. The summed E-state index contributed by atoms with van der Waals surface area (Å²) in [6.45, 7) is 2.23. The van der Waals surface area contributed by atoms with Crippen molar-refractivity contribution < 1.29 is 9.18 Å². The number of hydrogen-bond donors (Lipinski definition) is 1. The second-order valence-corrected chi connectivity index (χ2v) is 5.08. The Morgan fingerprint density at radius 1 is 1.59 bits per heavy atom. The largest absolute Gasteiger partial charge is 0.351 e. The number of halogens is 2. The fourth-order valence-corrected chi connectivity index (χ4v) is 2.08. The molecule has 0 bridgehead atoms. The maximum Gasteiger partial charge on any atom is 0.251 e. The predicted octanol–water partition coefficient (Wildman–Crippen LogP) is 2.88. The van der Waals surface area contributed by atoms with E-state index in [9.17, 15) is 9.18 Å². The second-order valence-electron chi connectivity index (χ2n) is 4.52. The number of carbonyl (C=O) groups excluding carboxylic acids is 1. The van der Waals surface area contributed by atoms with Crippen LogP contribution in [0.15, 0.2) is 18.2 Å². The van der Waals surface area contributed by atoms with Gasteiger partial charge in [-0.1, -0.05) is 6.07 Å². The molecule has 1 N–H and O–H groups in total. The monoisotopic (exact) mass is 255 g/mol. The van der Waals surface area contributed by atoms with Crippen LogP contribution in [0.3, 0.4) is 0 Å². The van der Waals surface area contributed by atoms with Gasteiger partial charge >= 0.3 is 0 Å². The van der Waals surface area contributed by atoms with E-state index in [1.165, 1.54) is 12.1 Å². The molecule has 0 aliphatic heterocycles. The molecule has 0 saturated heterocycles. The molecule has 0 heterocycles. The lowest BCUT2D eigenvalue weighted by Gasteiger charge is -2.11. The standard InChI is InChI=1S/C13H15ClFNO/c1-8-2-5-10(15)6-11(8)13(17)16-7-12(14)9-3-4-9/h2,5-6,9,12H,3-4,7H2,1H3,(H,16,17). The molecule has 1 saturated carbocycles. The van der Waals surface area contributed by atoms with Crippen molar-refractivity contribution in [2.75, 3.05) is 6.54 Å². The van der Waals surface area contributed by atoms with E-state index in [0.717, 1.165) is 18.4 Å². The Balaban J connectivity index is 1.96. The van der Waals surface area contributed by atoms with Crippen LogP contribution in [0, 0.1) is 18.7 Å². The first kappa shape index (κ1) is 12.4. The molecule has 1 atom stereocenters. The van der Waals surface area contributed by atoms with E-state index in [-0.39, 0.29) is 11.3 Å². The van der Waals surface area contributed by atoms with Gasteiger partial charge in [0.15, 0.2) is 0 Å². The molecule has 0 aromatic heterocycles. The molecule has 1 aliphatic rings. The van der Waals surface area contributed by atoms with Crippen molar-refractivity contribution in [3.05, 3.63) is 35.1 Å². The highest BCUT2D eigenvalue weighted by Gasteiger charge is 2.29. The van der Waals surface area contributed by atoms with Gasteiger partial charge in [-0.15, -0.1) is 11.6 Å². The molecule has 1 aliphatic carbocycles. The van der Waals surface area contributed by atoms with Crippen LogP contribution in [0.4, 0.5) is 4.39 Å². The highest BCUT2D eigenvalue weighted by molar-refractivity contribution is 6.21. The van der Waals surface area contributed by atoms with Gasteiger partial charge in [-0.05, 0) is 43.4 Å². The predicted molar refractivity (Wildman–Crippen MR) is 65.8 cm³/mol. The zero-order chi connectivity index (χ0) is 12.4. The van der Waals surface area contributed by atoms with Gasteiger partial charge in [0.1, 0.15) is 5.82 Å². The number of benzene rings is 1. The third-order valence-corrected chi connectivity index (χ3v) is 3.55. The zero-order valence-electron chi connectivity index (χ0n) is 9.67. The van der Waals surface area contributed by atoms with Crippen molar-refractivity contribution in [3.63, 3.8) is 0 Å². The summed E-state index contributed by atoms with van der Waals surface area (Å²) in [7, 11) is 0. The summed E-state index contributed by atoms with van der Waals surface area (Å²) >= 11 is 6.09. The molecular formula is C13H15ClFNO. The summed E-state index contributed by atoms with van der Waals surface area (Å²) in [5, 5.41) is 2.74. The molecule has 1 amide bonds. The summed E-state index contributed by atoms with van der Waals surface area (Å²) < 4.78 is 13.0. The molecule has 0 spiro atoms. The first-order chi connectivity index (χ1) is 8.08. The van der Waals surface area contributed by atoms with Crippen LogP contribution in [-0.4, -0.2) is 17.8 Å². The number of nitrogens with one attached hydrogen (secondary N) is 1. The van der Waals surface area contributed by atoms with Gasteiger partial charge in [-0.2, -0.15) is 0 Å². The van der Waals surface area contributed by atoms with Gasteiger partial charge in [0.05, 0.1) is 5.38 Å². The minimum Gasteiger partial charge on any atom is -0.351 e. The van der Waals surface area contributed by atoms with E-state index < -0.39 is 5.82 Å². The minimum atomic E-state index is -0.398. The maximum absolute atomic E-state index is 13.0. The lowest BCUT2D eigenvalue weighted by Crippen LogP contribution is -2.31. The fourth-order valence-electron chi connectivity index (χ4n) is 1.75. The number of rotatable bonds is 4. The summed E-state index contributed by atoms with van der Waals surface area (Å²) in [6, 6.07) is 4.20. The lowest BCUT2D eigenvalue weighted by atomic mass is 10.1. The first-order valence-electron chi connectivity index (χ1n) is 5.76. The Bertz CT molecular complexity index is 431. The van der Waals surface area contributed by atoms with Gasteiger partial charge < -0.3 is 5.32 Å². The Morgan fingerprint density at radius 2 is 2.29 bits per heavy atom. The van der Waals surface area contributed by atoms with E-state index >= 15 is 0 Å². The zero-order valence-corrected chi connectivity index (χ0v) is 10.4. The third-order valence-electron chi connectivity index (χ3n) is 3.04. The second kappa shape index (κ2) is 5.05. The first-order valence-corrected chi connectivity index (χ1v) is 6.20. The molecule has 1 aromatic carbocycles. The smallest absolute Gasteiger partial charge is 0.251 e. The Labute approximate surface area is 105 Å². The van der Waals surface area contributed by atoms with Crippen molar-refractivity contribution in [1.82, 2.24) is 5.32 Å². The Morgan fingerprint density at radius 3 is 2.94 bits per heavy atom. The summed E-state index contributed by atoms with van der Waals surface area (Å²) in [5.74, 6) is -0.121. The van der Waals surface area contributed by atoms with Crippen molar-refractivity contribution in [3.8, 4) is 0 Å². The van der Waals surface area contributed by atoms with E-state index in [1.807, 2.05) is 0 Å². The number of aryl methyl sites for hydroxylation is 1. The van der Waals surface area contributed by atoms with Crippen molar-refractivity contribution >= 4 is 17.5 Å².